The van der Waals surface area contributed by atoms with E-state index in [0.29, 0.717) is 3.63 Å². The molecule has 0 aromatic heterocycles. The summed E-state index contributed by atoms with van der Waals surface area (Å²) in [4.78, 5) is 0. The second-order valence-corrected chi connectivity index (χ2v) is 13.9. The molecule has 2 aromatic rings. The van der Waals surface area contributed by atoms with Gasteiger partial charge in [0.2, 0.25) is 0 Å². The number of allylic oxidation sites excluding steroid dienone is 4. The molecule has 1 aliphatic heterocycles. The van der Waals surface area contributed by atoms with Crippen LogP contribution >= 0.6 is 0 Å². The van der Waals surface area contributed by atoms with Crippen LogP contribution in [-0.2, 0) is 24.7 Å². The maximum absolute atomic E-state index is 9.11. The number of fused-ring (bicyclic) bond motifs is 5. The van der Waals surface area contributed by atoms with Gasteiger partial charge in [-0.2, -0.15) is 0 Å². The molecule has 5 heteroatoms. The van der Waals surface area contributed by atoms with Gasteiger partial charge in [-0.25, -0.2) is 0 Å². The van der Waals surface area contributed by atoms with Crippen molar-refractivity contribution >= 4 is 24.0 Å². The third-order valence-electron chi connectivity index (χ3n) is 6.32. The largest absolute Gasteiger partial charge is 1.00 e. The number of hydrogen-bond acceptors (Lipinski definition) is 1. The standard InChI is InChI=1S/C23H23OSi.2ClH.Zr/c1-25(2)22-19(17-10-9-15(12-17)6-5-11-24)14-20-18-8-4-3-7-16(18)13-21(20)23(22)25;;;/h3-4,7-9,12-14,24H,5-6,10-11H2,1-2H3;2*1H;/q;;;+2/p-2. The first-order chi connectivity index (χ1) is 12.5. The number of halogens is 2. The summed E-state index contributed by atoms with van der Waals surface area (Å²) in [6, 6.07) is 11.6. The van der Waals surface area contributed by atoms with E-state index in [1.54, 1.807) is 46.2 Å². The van der Waals surface area contributed by atoms with Crippen molar-refractivity contribution < 1.29 is 54.6 Å². The van der Waals surface area contributed by atoms with Crippen LogP contribution < -0.4 is 35.2 Å². The molecule has 1 nitrogen and oxygen atoms in total. The van der Waals surface area contributed by atoms with Crippen LogP contribution in [0.5, 0.6) is 0 Å². The summed E-state index contributed by atoms with van der Waals surface area (Å²) in [6.45, 7) is 5.34. The fourth-order valence-corrected chi connectivity index (χ4v) is 10.5. The van der Waals surface area contributed by atoms with E-state index < -0.39 is 8.07 Å². The number of aliphatic hydroxyl groups is 1. The molecule has 0 amide bonds. The fourth-order valence-electron chi connectivity index (χ4n) is 4.99. The van der Waals surface area contributed by atoms with Gasteiger partial charge in [0.15, 0.2) is 0 Å². The van der Waals surface area contributed by atoms with E-state index in [4.69, 9.17) is 5.11 Å². The first kappa shape index (κ1) is 22.2. The Kier molecular flexibility index (Phi) is 6.36. The van der Waals surface area contributed by atoms with Crippen molar-refractivity contribution in [2.75, 3.05) is 6.61 Å². The zero-order valence-corrected chi connectivity index (χ0v) is 21.1. The van der Waals surface area contributed by atoms with E-state index in [9.17, 15) is 0 Å². The van der Waals surface area contributed by atoms with Gasteiger partial charge in [-0.1, -0.05) is 0 Å². The molecule has 28 heavy (non-hydrogen) atoms. The Hall–Kier alpha value is -0.440. The summed E-state index contributed by atoms with van der Waals surface area (Å²) in [5.41, 5.74) is 10.6. The summed E-state index contributed by atoms with van der Waals surface area (Å²) >= 11 is 1.62. The molecule has 0 radical (unpaired) electrons. The summed E-state index contributed by atoms with van der Waals surface area (Å²) in [5, 5.41) is 12.6. The quantitative estimate of drug-likeness (QED) is 0.474. The first-order valence-corrected chi connectivity index (χ1v) is 14.0. The SMILES string of the molecule is C[Si]1(C)c2c(C3=CC(CCCO)=CC3)cc3c(c21)[CH]([Zr+2])c1ccccc1-3.[Cl-].[Cl-]. The van der Waals surface area contributed by atoms with E-state index in [2.05, 4.69) is 55.6 Å². The van der Waals surface area contributed by atoms with Crippen LogP contribution in [0.25, 0.3) is 16.7 Å². The van der Waals surface area contributed by atoms with Crippen molar-refractivity contribution in [2.45, 2.75) is 36.0 Å². The molecule has 0 bridgehead atoms. The van der Waals surface area contributed by atoms with E-state index in [0.717, 1.165) is 19.3 Å². The summed E-state index contributed by atoms with van der Waals surface area (Å²) in [5.74, 6) is 0. The van der Waals surface area contributed by atoms with Crippen LogP contribution in [-0.4, -0.2) is 19.8 Å². The second-order valence-electron chi connectivity index (χ2n) is 8.26. The van der Waals surface area contributed by atoms with Crippen molar-refractivity contribution in [1.29, 1.82) is 0 Å². The van der Waals surface area contributed by atoms with Crippen LogP contribution in [0.4, 0.5) is 0 Å². The maximum atomic E-state index is 9.11. The van der Waals surface area contributed by atoms with Gasteiger partial charge in [0.25, 0.3) is 0 Å². The smallest absolute Gasteiger partial charge is 1.00 e. The van der Waals surface area contributed by atoms with Crippen molar-refractivity contribution in [1.82, 2.24) is 0 Å². The predicted molar refractivity (Wildman–Crippen MR) is 107 cm³/mol. The third-order valence-corrected chi connectivity index (χ3v) is 11.1. The Morgan fingerprint density at radius 1 is 1.07 bits per heavy atom. The van der Waals surface area contributed by atoms with Crippen molar-refractivity contribution in [3.05, 3.63) is 64.7 Å². The molecule has 1 unspecified atom stereocenters. The minimum atomic E-state index is -1.38. The molecule has 1 N–H and O–H groups in total. The average molecular weight is 506 g/mol. The summed E-state index contributed by atoms with van der Waals surface area (Å²) in [6.07, 6.45) is 7.68. The third kappa shape index (κ3) is 3.19. The topological polar surface area (TPSA) is 20.2 Å². The normalized spacial score (nSPS) is 19.5. The monoisotopic (exact) mass is 503 g/mol. The molecule has 0 saturated carbocycles. The molecule has 143 valence electrons. The number of aliphatic hydroxyl groups excluding tert-OH is 1. The van der Waals surface area contributed by atoms with Gasteiger partial charge < -0.3 is 24.8 Å². The molecule has 2 aromatic carbocycles. The first-order valence-electron chi connectivity index (χ1n) is 9.57. The van der Waals surface area contributed by atoms with Gasteiger partial charge >= 0.3 is 172 Å². The van der Waals surface area contributed by atoms with Gasteiger partial charge in [0.1, 0.15) is 0 Å². The molecule has 1 heterocycles. The molecule has 0 fully saturated rings. The van der Waals surface area contributed by atoms with Gasteiger partial charge in [-0.3, -0.25) is 0 Å². The molecular weight excluding hydrogens is 482 g/mol. The minimum Gasteiger partial charge on any atom is -1.00 e. The van der Waals surface area contributed by atoms with E-state index >= 15 is 0 Å². The average Bonchev–Trinajstić information content (AvgIpc) is 2.98. The van der Waals surface area contributed by atoms with Crippen molar-refractivity contribution in [2.24, 2.45) is 0 Å². The van der Waals surface area contributed by atoms with Gasteiger partial charge in [0, 0.05) is 0 Å². The Morgan fingerprint density at radius 3 is 2.57 bits per heavy atom. The fraction of sp³-hybridized carbons (Fsp3) is 0.304. The molecule has 0 spiro atoms. The van der Waals surface area contributed by atoms with Gasteiger partial charge in [-0.15, -0.1) is 0 Å². The molecule has 0 saturated heterocycles. The van der Waals surface area contributed by atoms with E-state index in [1.165, 1.54) is 27.8 Å². The molecule has 1 atom stereocenters. The Bertz CT molecular complexity index is 1010. The van der Waals surface area contributed by atoms with Crippen LogP contribution in [0.15, 0.2) is 48.1 Å². The Labute approximate surface area is 196 Å². The second kappa shape index (κ2) is 8.00. The van der Waals surface area contributed by atoms with Crippen LogP contribution in [0.1, 0.15) is 39.6 Å². The molecular formula is C23H23Cl2OSiZr. The Balaban J connectivity index is 0.00000112. The Morgan fingerprint density at radius 2 is 1.82 bits per heavy atom. The van der Waals surface area contributed by atoms with Crippen molar-refractivity contribution in [3.8, 4) is 11.1 Å². The summed E-state index contributed by atoms with van der Waals surface area (Å²) in [7, 11) is -1.38. The molecule has 3 aliphatic rings. The van der Waals surface area contributed by atoms with Crippen LogP contribution in [0.2, 0.25) is 13.1 Å². The molecule has 2 aliphatic carbocycles. The van der Waals surface area contributed by atoms with E-state index in [1.807, 2.05) is 0 Å². The zero-order chi connectivity index (χ0) is 18.1. The zero-order valence-electron chi connectivity index (χ0n) is 16.2. The van der Waals surface area contributed by atoms with Crippen molar-refractivity contribution in [3.63, 3.8) is 0 Å². The number of hydrogen-bond donors (Lipinski definition) is 1. The van der Waals surface area contributed by atoms with Crippen LogP contribution in [0.3, 0.4) is 0 Å². The predicted octanol–water partition coefficient (Wildman–Crippen LogP) is -2.07. The summed E-state index contributed by atoms with van der Waals surface area (Å²) < 4.78 is 0.626. The van der Waals surface area contributed by atoms with E-state index in [-0.39, 0.29) is 31.4 Å². The van der Waals surface area contributed by atoms with Crippen LogP contribution in [0, 0.1) is 0 Å². The number of rotatable bonds is 4. The number of benzene rings is 2. The minimum absolute atomic E-state index is 0. The maximum Gasteiger partial charge on any atom is -1.00 e. The van der Waals surface area contributed by atoms with Gasteiger partial charge in [0.05, 0.1) is 0 Å². The molecule has 5 rings (SSSR count). The van der Waals surface area contributed by atoms with Gasteiger partial charge in [-0.05, 0) is 0 Å².